The van der Waals surface area contributed by atoms with Crippen LogP contribution in [-0.4, -0.2) is 12.9 Å². The van der Waals surface area contributed by atoms with Crippen LogP contribution in [0.25, 0.3) is 0 Å². The molecule has 76 valence electrons. The molecule has 0 amide bonds. The smallest absolute Gasteiger partial charge is 0.140 e. The molecule has 1 aromatic carbocycles. The van der Waals surface area contributed by atoms with Gasteiger partial charge in [0, 0.05) is 6.42 Å². The molecule has 3 heteroatoms. The molecule has 0 aromatic heterocycles. The number of Topliss-reactive ketones (excluding diaryl/α,β-unsaturated/α-hetero) is 1. The molecule has 1 aromatic rings. The molecule has 14 heavy (non-hydrogen) atoms. The number of ketones is 1. The van der Waals surface area contributed by atoms with Crippen molar-refractivity contribution < 1.29 is 9.53 Å². The largest absolute Gasteiger partial charge is 0.495 e. The van der Waals surface area contributed by atoms with Crippen molar-refractivity contribution in [2.24, 2.45) is 0 Å². The summed E-state index contributed by atoms with van der Waals surface area (Å²) < 4.78 is 5.17. The van der Waals surface area contributed by atoms with Gasteiger partial charge in [0.2, 0.25) is 0 Å². The summed E-state index contributed by atoms with van der Waals surface area (Å²) in [5.74, 6) is 0.849. The third-order valence-corrected chi connectivity index (χ3v) is 2.30. The van der Waals surface area contributed by atoms with Gasteiger partial charge in [-0.25, -0.2) is 0 Å². The number of benzene rings is 1. The van der Waals surface area contributed by atoms with E-state index in [1.807, 2.05) is 12.1 Å². The zero-order valence-corrected chi connectivity index (χ0v) is 9.10. The monoisotopic (exact) mass is 212 g/mol. The maximum atomic E-state index is 10.8. The summed E-state index contributed by atoms with van der Waals surface area (Å²) in [5.41, 5.74) is 0.982. The molecule has 0 saturated carbocycles. The van der Waals surface area contributed by atoms with Gasteiger partial charge in [0.15, 0.2) is 0 Å². The maximum Gasteiger partial charge on any atom is 0.140 e. The van der Waals surface area contributed by atoms with Crippen LogP contribution in [0.15, 0.2) is 18.2 Å². The first-order chi connectivity index (χ1) is 6.65. The van der Waals surface area contributed by atoms with Gasteiger partial charge in [-0.2, -0.15) is 0 Å². The first-order valence-electron chi connectivity index (χ1n) is 4.46. The van der Waals surface area contributed by atoms with E-state index >= 15 is 0 Å². The molecule has 0 radical (unpaired) electrons. The normalized spacial score (nSPS) is 9.93. The number of halogens is 1. The zero-order chi connectivity index (χ0) is 10.6. The SMILES string of the molecule is COc1c(Cl)cccc1CCC(C)=O. The number of methoxy groups -OCH3 is 1. The van der Waals surface area contributed by atoms with Gasteiger partial charge >= 0.3 is 0 Å². The Labute approximate surface area is 88.8 Å². The van der Waals surface area contributed by atoms with Crippen LogP contribution < -0.4 is 4.74 Å². The summed E-state index contributed by atoms with van der Waals surface area (Å²) in [4.78, 5) is 10.8. The standard InChI is InChI=1S/C11H13ClO2/c1-8(13)6-7-9-4-3-5-10(12)11(9)14-2/h3-5H,6-7H2,1-2H3. The number of carbonyl (C=O) groups is 1. The van der Waals surface area contributed by atoms with Crippen molar-refractivity contribution in [2.75, 3.05) is 7.11 Å². The van der Waals surface area contributed by atoms with Gasteiger partial charge in [-0.15, -0.1) is 0 Å². The van der Waals surface area contributed by atoms with E-state index in [9.17, 15) is 4.79 Å². The van der Waals surface area contributed by atoms with Gasteiger partial charge in [0.1, 0.15) is 11.5 Å². The van der Waals surface area contributed by atoms with E-state index < -0.39 is 0 Å². The molecule has 0 unspecified atom stereocenters. The fourth-order valence-corrected chi connectivity index (χ4v) is 1.56. The van der Waals surface area contributed by atoms with Gasteiger partial charge in [0.25, 0.3) is 0 Å². The molecule has 0 bridgehead atoms. The first-order valence-corrected chi connectivity index (χ1v) is 4.83. The van der Waals surface area contributed by atoms with Crippen LogP contribution in [0.1, 0.15) is 18.9 Å². The van der Waals surface area contributed by atoms with E-state index in [0.29, 0.717) is 23.6 Å². The van der Waals surface area contributed by atoms with Gasteiger partial charge in [-0.3, -0.25) is 0 Å². The highest BCUT2D eigenvalue weighted by Crippen LogP contribution is 2.28. The van der Waals surface area contributed by atoms with E-state index in [0.717, 1.165) is 5.56 Å². The lowest BCUT2D eigenvalue weighted by atomic mass is 10.1. The molecule has 0 saturated heterocycles. The van der Waals surface area contributed by atoms with E-state index in [2.05, 4.69) is 0 Å². The maximum absolute atomic E-state index is 10.8. The quantitative estimate of drug-likeness (QED) is 0.767. The number of ether oxygens (including phenoxy) is 1. The molecular weight excluding hydrogens is 200 g/mol. The second-order valence-corrected chi connectivity index (χ2v) is 3.54. The van der Waals surface area contributed by atoms with Gasteiger partial charge in [-0.05, 0) is 25.0 Å². The van der Waals surface area contributed by atoms with Crippen LogP contribution in [0.4, 0.5) is 0 Å². The van der Waals surface area contributed by atoms with Crippen molar-refractivity contribution in [2.45, 2.75) is 19.8 Å². The molecule has 0 aliphatic heterocycles. The molecular formula is C11H13ClO2. The number of aryl methyl sites for hydroxylation is 1. The third kappa shape index (κ3) is 2.74. The summed E-state index contributed by atoms with van der Waals surface area (Å²) in [6.07, 6.45) is 1.20. The molecule has 2 nitrogen and oxygen atoms in total. The predicted octanol–water partition coefficient (Wildman–Crippen LogP) is 2.87. The Balaban J connectivity index is 2.85. The van der Waals surface area contributed by atoms with Crippen LogP contribution in [0, 0.1) is 0 Å². The van der Waals surface area contributed by atoms with Crippen LogP contribution in [0.3, 0.4) is 0 Å². The highest BCUT2D eigenvalue weighted by molar-refractivity contribution is 6.32. The fourth-order valence-electron chi connectivity index (χ4n) is 1.29. The minimum atomic E-state index is 0.173. The predicted molar refractivity (Wildman–Crippen MR) is 57.0 cm³/mol. The van der Waals surface area contributed by atoms with E-state index in [-0.39, 0.29) is 5.78 Å². The molecule has 0 heterocycles. The van der Waals surface area contributed by atoms with E-state index in [1.54, 1.807) is 20.1 Å². The second-order valence-electron chi connectivity index (χ2n) is 3.13. The fraction of sp³-hybridized carbons (Fsp3) is 0.364. The summed E-state index contributed by atoms with van der Waals surface area (Å²) >= 11 is 5.93. The van der Waals surface area contributed by atoms with Crippen molar-refractivity contribution in [3.05, 3.63) is 28.8 Å². The number of rotatable bonds is 4. The molecule has 0 aliphatic rings. The lowest BCUT2D eigenvalue weighted by Gasteiger charge is -2.08. The minimum Gasteiger partial charge on any atom is -0.495 e. The highest BCUT2D eigenvalue weighted by atomic mass is 35.5. The van der Waals surface area contributed by atoms with Gasteiger partial charge in [0.05, 0.1) is 12.1 Å². The van der Waals surface area contributed by atoms with Crippen molar-refractivity contribution >= 4 is 17.4 Å². The average molecular weight is 213 g/mol. The third-order valence-electron chi connectivity index (χ3n) is 2.00. The summed E-state index contributed by atoms with van der Waals surface area (Å²) in [6, 6.07) is 5.56. The molecule has 0 aliphatic carbocycles. The van der Waals surface area contributed by atoms with E-state index in [4.69, 9.17) is 16.3 Å². The van der Waals surface area contributed by atoms with Crippen LogP contribution >= 0.6 is 11.6 Å². The summed E-state index contributed by atoms with van der Waals surface area (Å²) in [5, 5.41) is 0.591. The van der Waals surface area contributed by atoms with Crippen molar-refractivity contribution in [1.82, 2.24) is 0 Å². The van der Waals surface area contributed by atoms with Gasteiger partial charge < -0.3 is 9.53 Å². The zero-order valence-electron chi connectivity index (χ0n) is 8.34. The Morgan fingerprint density at radius 1 is 1.50 bits per heavy atom. The lowest BCUT2D eigenvalue weighted by Crippen LogP contribution is -1.97. The number of carbonyl (C=O) groups excluding carboxylic acids is 1. The number of hydrogen-bond donors (Lipinski definition) is 0. The Hall–Kier alpha value is -1.02. The summed E-state index contributed by atoms with van der Waals surface area (Å²) in [7, 11) is 1.58. The Morgan fingerprint density at radius 2 is 2.21 bits per heavy atom. The molecule has 0 atom stereocenters. The molecule has 1 rings (SSSR count). The first kappa shape index (κ1) is 11.1. The average Bonchev–Trinajstić information content (AvgIpc) is 2.14. The van der Waals surface area contributed by atoms with E-state index in [1.165, 1.54) is 0 Å². The number of para-hydroxylation sites is 1. The minimum absolute atomic E-state index is 0.173. The van der Waals surface area contributed by atoms with Crippen molar-refractivity contribution in [3.63, 3.8) is 0 Å². The second kappa shape index (κ2) is 5.01. The van der Waals surface area contributed by atoms with Crippen LogP contribution in [-0.2, 0) is 11.2 Å². The van der Waals surface area contributed by atoms with Gasteiger partial charge in [-0.1, -0.05) is 23.7 Å². The Morgan fingerprint density at radius 3 is 2.79 bits per heavy atom. The lowest BCUT2D eigenvalue weighted by molar-refractivity contribution is -0.116. The number of hydrogen-bond acceptors (Lipinski definition) is 2. The highest BCUT2D eigenvalue weighted by Gasteiger charge is 2.07. The van der Waals surface area contributed by atoms with Crippen molar-refractivity contribution in [3.8, 4) is 5.75 Å². The van der Waals surface area contributed by atoms with Crippen LogP contribution in [0.5, 0.6) is 5.75 Å². The topological polar surface area (TPSA) is 26.3 Å². The summed E-state index contributed by atoms with van der Waals surface area (Å²) in [6.45, 7) is 1.58. The Kier molecular flexibility index (Phi) is 3.96. The Bertz CT molecular complexity index is 334. The van der Waals surface area contributed by atoms with Crippen LogP contribution in [0.2, 0.25) is 5.02 Å². The van der Waals surface area contributed by atoms with Crippen molar-refractivity contribution in [1.29, 1.82) is 0 Å². The molecule has 0 spiro atoms. The molecule has 0 fully saturated rings. The molecule has 0 N–H and O–H groups in total.